The highest BCUT2D eigenvalue weighted by Gasteiger charge is 2.21. The summed E-state index contributed by atoms with van der Waals surface area (Å²) in [7, 11) is 0. The third-order valence-electron chi connectivity index (χ3n) is 6.17. The van der Waals surface area contributed by atoms with E-state index < -0.39 is 0 Å². The smallest absolute Gasteiger partial charge is 0.127 e. The van der Waals surface area contributed by atoms with E-state index in [4.69, 9.17) is 0 Å². The van der Waals surface area contributed by atoms with Crippen LogP contribution >= 0.6 is 0 Å². The van der Waals surface area contributed by atoms with E-state index in [2.05, 4.69) is 54.9 Å². The summed E-state index contributed by atoms with van der Waals surface area (Å²) in [6, 6.07) is 13.8. The van der Waals surface area contributed by atoms with Crippen molar-refractivity contribution >= 4 is 0 Å². The molecule has 0 N–H and O–H groups in total. The summed E-state index contributed by atoms with van der Waals surface area (Å²) in [5, 5.41) is 0. The average molecular weight is 401 g/mol. The number of rotatable bonds is 5. The van der Waals surface area contributed by atoms with E-state index in [0.29, 0.717) is 17.0 Å². The van der Waals surface area contributed by atoms with Gasteiger partial charge in [0.1, 0.15) is 5.82 Å². The first-order chi connectivity index (χ1) is 14.7. The van der Waals surface area contributed by atoms with E-state index in [9.17, 15) is 4.39 Å². The van der Waals surface area contributed by atoms with Crippen molar-refractivity contribution in [1.29, 1.82) is 0 Å². The molecule has 2 aromatic rings. The number of unbranched alkanes of at least 4 members (excludes halogenated alkanes) is 3. The molecule has 0 amide bonds. The van der Waals surface area contributed by atoms with Gasteiger partial charge in [-0.1, -0.05) is 49.8 Å². The van der Waals surface area contributed by atoms with Crippen molar-refractivity contribution in [3.05, 3.63) is 70.5 Å². The number of benzene rings is 2. The Hall–Kier alpha value is -2.51. The van der Waals surface area contributed by atoms with Crippen molar-refractivity contribution in [2.75, 3.05) is 0 Å². The zero-order chi connectivity index (χ0) is 21.2. The van der Waals surface area contributed by atoms with E-state index in [1.165, 1.54) is 56.6 Å². The molecule has 1 saturated carbocycles. The monoisotopic (exact) mass is 400 g/mol. The molecule has 30 heavy (non-hydrogen) atoms. The highest BCUT2D eigenvalue weighted by Crippen LogP contribution is 2.36. The molecule has 0 aliphatic heterocycles. The molecule has 0 atom stereocenters. The maximum atomic E-state index is 13.6. The number of aryl methyl sites for hydroxylation is 1. The summed E-state index contributed by atoms with van der Waals surface area (Å²) >= 11 is 0. The third-order valence-corrected chi connectivity index (χ3v) is 6.17. The van der Waals surface area contributed by atoms with Crippen LogP contribution in [0.4, 0.5) is 4.39 Å². The van der Waals surface area contributed by atoms with Crippen LogP contribution in [0.1, 0.15) is 92.9 Å². The first-order valence-corrected chi connectivity index (χ1v) is 11.5. The Morgan fingerprint density at radius 1 is 0.867 bits per heavy atom. The highest BCUT2D eigenvalue weighted by molar-refractivity contribution is 5.44. The van der Waals surface area contributed by atoms with E-state index >= 15 is 0 Å². The topological polar surface area (TPSA) is 0 Å². The van der Waals surface area contributed by atoms with Crippen LogP contribution < -0.4 is 0 Å². The molecule has 0 aromatic heterocycles. The molecule has 0 nitrogen and oxygen atoms in total. The largest absolute Gasteiger partial charge is 0.207 e. The summed E-state index contributed by atoms with van der Waals surface area (Å²) in [4.78, 5) is 0. The van der Waals surface area contributed by atoms with Gasteiger partial charge in [-0.15, -0.1) is 11.8 Å². The molecule has 1 fully saturated rings. The molecule has 2 aromatic carbocycles. The molecule has 0 heterocycles. The van der Waals surface area contributed by atoms with E-state index in [1.54, 1.807) is 13.0 Å². The Kier molecular flexibility index (Phi) is 8.59. The van der Waals surface area contributed by atoms with Crippen molar-refractivity contribution < 1.29 is 4.39 Å². The molecule has 156 valence electrons. The van der Waals surface area contributed by atoms with Crippen LogP contribution in [0.25, 0.3) is 0 Å². The Bertz CT molecular complexity index is 922. The maximum absolute atomic E-state index is 13.6. The third kappa shape index (κ3) is 6.78. The predicted molar refractivity (Wildman–Crippen MR) is 125 cm³/mol. The van der Waals surface area contributed by atoms with Crippen molar-refractivity contribution in [3.8, 4) is 23.7 Å². The normalized spacial score (nSPS) is 18.1. The van der Waals surface area contributed by atoms with Gasteiger partial charge in [0.15, 0.2) is 0 Å². The quantitative estimate of drug-likeness (QED) is 0.355. The molecule has 3 rings (SSSR count). The van der Waals surface area contributed by atoms with Crippen molar-refractivity contribution in [2.24, 2.45) is 5.92 Å². The van der Waals surface area contributed by atoms with Gasteiger partial charge in [0.25, 0.3) is 0 Å². The first-order valence-electron chi connectivity index (χ1n) is 11.5. The summed E-state index contributed by atoms with van der Waals surface area (Å²) < 4.78 is 13.6. The fourth-order valence-electron chi connectivity index (χ4n) is 4.12. The molecule has 0 spiro atoms. The van der Waals surface area contributed by atoms with E-state index in [-0.39, 0.29) is 5.82 Å². The maximum Gasteiger partial charge on any atom is 0.127 e. The zero-order valence-corrected chi connectivity index (χ0v) is 18.4. The van der Waals surface area contributed by atoms with E-state index in [1.807, 2.05) is 6.07 Å². The Morgan fingerprint density at radius 2 is 1.57 bits per heavy atom. The molecule has 0 radical (unpaired) electrons. The van der Waals surface area contributed by atoms with Crippen LogP contribution in [0, 0.1) is 42.3 Å². The van der Waals surface area contributed by atoms with Crippen LogP contribution in [0.3, 0.4) is 0 Å². The van der Waals surface area contributed by atoms with Crippen molar-refractivity contribution in [3.63, 3.8) is 0 Å². The van der Waals surface area contributed by atoms with Gasteiger partial charge in [0.05, 0.1) is 0 Å². The second kappa shape index (κ2) is 11.6. The molecule has 0 saturated heterocycles. The molecule has 1 aliphatic rings. The summed E-state index contributed by atoms with van der Waals surface area (Å²) in [5.41, 5.74) is 3.77. The van der Waals surface area contributed by atoms with Crippen LogP contribution in [0.15, 0.2) is 42.5 Å². The van der Waals surface area contributed by atoms with Crippen LogP contribution in [0.5, 0.6) is 0 Å². The number of hydrogen-bond acceptors (Lipinski definition) is 0. The highest BCUT2D eigenvalue weighted by atomic mass is 19.1. The summed E-state index contributed by atoms with van der Waals surface area (Å²) in [6.07, 6.45) is 11.1. The Labute approximate surface area is 182 Å². The van der Waals surface area contributed by atoms with Gasteiger partial charge >= 0.3 is 0 Å². The predicted octanol–water partition coefficient (Wildman–Crippen LogP) is 7.78. The van der Waals surface area contributed by atoms with Gasteiger partial charge in [-0.25, -0.2) is 4.39 Å². The number of hydrogen-bond donors (Lipinski definition) is 0. The lowest BCUT2D eigenvalue weighted by Gasteiger charge is -2.27. The van der Waals surface area contributed by atoms with Crippen LogP contribution in [-0.4, -0.2) is 0 Å². The van der Waals surface area contributed by atoms with Crippen LogP contribution in [-0.2, 0) is 0 Å². The number of halogens is 1. The summed E-state index contributed by atoms with van der Waals surface area (Å²) in [5.74, 6) is 14.2. The lowest BCUT2D eigenvalue weighted by Crippen LogP contribution is -2.12. The van der Waals surface area contributed by atoms with Gasteiger partial charge in [0.2, 0.25) is 0 Å². The minimum atomic E-state index is -0.199. The van der Waals surface area contributed by atoms with E-state index in [0.717, 1.165) is 24.3 Å². The van der Waals surface area contributed by atoms with Gasteiger partial charge in [-0.2, -0.15) is 0 Å². The zero-order valence-electron chi connectivity index (χ0n) is 18.4. The Balaban J connectivity index is 1.48. The Morgan fingerprint density at radius 3 is 2.27 bits per heavy atom. The SMILES string of the molecule is CCCCCC#CCC1CCC(c2ccc(C#Cc3ccc(C)c(F)c3)cc2)CC1. The molecule has 1 heteroatoms. The van der Waals surface area contributed by atoms with Crippen molar-refractivity contribution in [1.82, 2.24) is 0 Å². The fraction of sp³-hybridized carbons (Fsp3) is 0.448. The van der Waals surface area contributed by atoms with Gasteiger partial charge in [-0.05, 0) is 86.3 Å². The molecule has 0 unspecified atom stereocenters. The van der Waals surface area contributed by atoms with Crippen molar-refractivity contribution in [2.45, 2.75) is 77.6 Å². The lowest BCUT2D eigenvalue weighted by molar-refractivity contribution is 0.331. The second-order valence-corrected chi connectivity index (χ2v) is 8.57. The summed E-state index contributed by atoms with van der Waals surface area (Å²) in [6.45, 7) is 4.00. The lowest BCUT2D eigenvalue weighted by atomic mass is 9.77. The second-order valence-electron chi connectivity index (χ2n) is 8.57. The molecular formula is C29H33F. The minimum absolute atomic E-state index is 0.199. The van der Waals surface area contributed by atoms with Gasteiger partial charge < -0.3 is 0 Å². The van der Waals surface area contributed by atoms with Gasteiger partial charge in [-0.3, -0.25) is 0 Å². The minimum Gasteiger partial charge on any atom is -0.207 e. The van der Waals surface area contributed by atoms with Crippen LogP contribution in [0.2, 0.25) is 0 Å². The fourth-order valence-corrected chi connectivity index (χ4v) is 4.12. The van der Waals surface area contributed by atoms with Gasteiger partial charge in [0, 0.05) is 24.0 Å². The molecular weight excluding hydrogens is 367 g/mol. The first kappa shape index (κ1) is 22.2. The average Bonchev–Trinajstić information content (AvgIpc) is 2.78. The standard InChI is InChI=1S/C29H33F/c1-3-4-5-6-7-8-9-24-14-18-27(19-15-24)28-20-16-25(17-21-28)12-13-26-11-10-23(2)29(30)22-26/h10-11,16-17,20-22,24,27H,3-6,9,14-15,18-19H2,1-2H3. The molecule has 1 aliphatic carbocycles. The molecule has 0 bridgehead atoms.